The van der Waals surface area contributed by atoms with Crippen molar-refractivity contribution in [1.82, 2.24) is 25.7 Å². The average Bonchev–Trinajstić information content (AvgIpc) is 3.28. The summed E-state index contributed by atoms with van der Waals surface area (Å²) in [6.07, 6.45) is 5.58. The Kier molecular flexibility index (Phi) is 4.65. The molecule has 8 heteroatoms. The van der Waals surface area contributed by atoms with Crippen LogP contribution in [0.25, 0.3) is 22.4 Å². The number of ether oxygens (including phenoxy) is 1. The fourth-order valence-electron chi connectivity index (χ4n) is 4.30. The third-order valence-corrected chi connectivity index (χ3v) is 5.89. The van der Waals surface area contributed by atoms with Crippen LogP contribution < -0.4 is 10.2 Å². The normalized spacial score (nSPS) is 23.7. The third kappa shape index (κ3) is 3.56. The van der Waals surface area contributed by atoms with Gasteiger partial charge in [0.25, 0.3) is 0 Å². The summed E-state index contributed by atoms with van der Waals surface area (Å²) in [5, 5.41) is 29.7. The molecule has 0 amide bonds. The topological polar surface area (TPSA) is 99.2 Å². The molecule has 1 aromatic carbocycles. The van der Waals surface area contributed by atoms with Crippen molar-refractivity contribution in [1.29, 1.82) is 0 Å². The van der Waals surface area contributed by atoms with Crippen LogP contribution in [0.15, 0.2) is 42.7 Å². The van der Waals surface area contributed by atoms with Gasteiger partial charge in [-0.2, -0.15) is 5.10 Å². The maximum atomic E-state index is 10.5. The summed E-state index contributed by atoms with van der Waals surface area (Å²) >= 11 is 0. The van der Waals surface area contributed by atoms with Crippen LogP contribution in [-0.2, 0) is 4.74 Å². The van der Waals surface area contributed by atoms with Crippen molar-refractivity contribution in [3.8, 4) is 28.1 Å². The molecule has 3 atom stereocenters. The highest BCUT2D eigenvalue weighted by atomic mass is 16.5. The lowest BCUT2D eigenvalue weighted by molar-refractivity contribution is 0.0183. The van der Waals surface area contributed by atoms with E-state index >= 15 is 0 Å². The molecular weight excluding hydrogens is 368 g/mol. The van der Waals surface area contributed by atoms with Crippen LogP contribution in [0.5, 0.6) is 5.75 Å². The molecule has 150 valence electrons. The maximum Gasteiger partial charge on any atom is 0.151 e. The first-order valence-corrected chi connectivity index (χ1v) is 9.90. The Labute approximate surface area is 168 Å². The van der Waals surface area contributed by atoms with Crippen LogP contribution in [-0.4, -0.2) is 63.9 Å². The lowest BCUT2D eigenvalue weighted by Crippen LogP contribution is -2.58. The van der Waals surface area contributed by atoms with Gasteiger partial charge in [0.2, 0.25) is 0 Å². The fraction of sp³-hybridized carbons (Fsp3) is 0.381. The summed E-state index contributed by atoms with van der Waals surface area (Å²) in [7, 11) is 2.08. The Morgan fingerprint density at radius 1 is 1.07 bits per heavy atom. The highest BCUT2D eigenvalue weighted by Gasteiger charge is 2.34. The molecular formula is C21H24N6O2. The Morgan fingerprint density at radius 2 is 1.90 bits per heavy atom. The number of phenolic OH excluding ortho intramolecular Hbond substituents is 1. The van der Waals surface area contributed by atoms with Gasteiger partial charge in [-0.25, -0.2) is 0 Å². The highest BCUT2D eigenvalue weighted by Crippen LogP contribution is 2.33. The van der Waals surface area contributed by atoms with Gasteiger partial charge in [-0.15, -0.1) is 10.2 Å². The summed E-state index contributed by atoms with van der Waals surface area (Å²) in [5.74, 6) is 1.01. The molecule has 0 spiro atoms. The number of nitrogens with zero attached hydrogens (tertiary/aromatic N) is 4. The van der Waals surface area contributed by atoms with Crippen LogP contribution in [0.3, 0.4) is 0 Å². The van der Waals surface area contributed by atoms with Crippen molar-refractivity contribution in [3.05, 3.63) is 42.7 Å². The molecule has 0 radical (unpaired) electrons. The number of morpholine rings is 1. The summed E-state index contributed by atoms with van der Waals surface area (Å²) in [6, 6.07) is 10.6. The minimum absolute atomic E-state index is 0.172. The van der Waals surface area contributed by atoms with Gasteiger partial charge in [0, 0.05) is 42.5 Å². The Morgan fingerprint density at radius 3 is 2.55 bits per heavy atom. The van der Waals surface area contributed by atoms with E-state index in [-0.39, 0.29) is 5.75 Å². The van der Waals surface area contributed by atoms with Crippen molar-refractivity contribution in [2.24, 2.45) is 0 Å². The second-order valence-corrected chi connectivity index (χ2v) is 7.83. The first-order chi connectivity index (χ1) is 14.2. The van der Waals surface area contributed by atoms with Crippen LogP contribution in [0, 0.1) is 0 Å². The number of hydrogen-bond acceptors (Lipinski definition) is 7. The lowest BCUT2D eigenvalue weighted by atomic mass is 9.92. The molecule has 2 aliphatic heterocycles. The van der Waals surface area contributed by atoms with E-state index in [9.17, 15) is 5.11 Å². The number of aromatic nitrogens is 4. The maximum absolute atomic E-state index is 10.5. The summed E-state index contributed by atoms with van der Waals surface area (Å²) in [4.78, 5) is 2.21. The van der Waals surface area contributed by atoms with Crippen molar-refractivity contribution in [2.45, 2.75) is 31.0 Å². The van der Waals surface area contributed by atoms with Gasteiger partial charge in [0.15, 0.2) is 5.82 Å². The number of aromatic hydroxyl groups is 1. The number of piperidine rings is 1. The number of nitrogens with one attached hydrogen (secondary N) is 2. The summed E-state index contributed by atoms with van der Waals surface area (Å²) < 4.78 is 5.64. The van der Waals surface area contributed by atoms with E-state index in [0.717, 1.165) is 43.0 Å². The Balaban J connectivity index is 1.33. The quantitative estimate of drug-likeness (QED) is 0.626. The number of aromatic amines is 1. The zero-order chi connectivity index (χ0) is 19.8. The number of benzene rings is 1. The zero-order valence-electron chi connectivity index (χ0n) is 16.2. The average molecular weight is 392 g/mol. The van der Waals surface area contributed by atoms with E-state index in [1.807, 2.05) is 24.3 Å². The molecule has 5 rings (SSSR count). The van der Waals surface area contributed by atoms with Crippen molar-refractivity contribution in [2.75, 3.05) is 25.2 Å². The molecule has 2 bridgehead atoms. The second kappa shape index (κ2) is 7.46. The number of hydrogen-bond donors (Lipinski definition) is 3. The van der Waals surface area contributed by atoms with E-state index in [1.165, 1.54) is 0 Å². The van der Waals surface area contributed by atoms with E-state index in [0.29, 0.717) is 29.4 Å². The minimum atomic E-state index is 0.172. The highest BCUT2D eigenvalue weighted by molar-refractivity contribution is 5.73. The van der Waals surface area contributed by atoms with Crippen molar-refractivity contribution < 1.29 is 9.84 Å². The Hall–Kier alpha value is -2.97. The van der Waals surface area contributed by atoms with Gasteiger partial charge in [-0.05, 0) is 42.7 Å². The van der Waals surface area contributed by atoms with E-state index in [2.05, 4.69) is 37.7 Å². The van der Waals surface area contributed by atoms with Gasteiger partial charge < -0.3 is 20.1 Å². The number of H-pyrrole nitrogens is 1. The van der Waals surface area contributed by atoms with E-state index in [1.54, 1.807) is 18.5 Å². The molecule has 29 heavy (non-hydrogen) atoms. The van der Waals surface area contributed by atoms with E-state index in [4.69, 9.17) is 4.74 Å². The predicted molar refractivity (Wildman–Crippen MR) is 110 cm³/mol. The van der Waals surface area contributed by atoms with Crippen molar-refractivity contribution >= 4 is 5.82 Å². The van der Waals surface area contributed by atoms with Gasteiger partial charge in [-0.1, -0.05) is 6.07 Å². The molecule has 0 aliphatic carbocycles. The number of phenols is 1. The van der Waals surface area contributed by atoms with Gasteiger partial charge in [0.05, 0.1) is 25.1 Å². The van der Waals surface area contributed by atoms with E-state index < -0.39 is 0 Å². The molecule has 2 aliphatic rings. The van der Waals surface area contributed by atoms with Crippen LogP contribution >= 0.6 is 0 Å². The predicted octanol–water partition coefficient (Wildman–Crippen LogP) is 2.19. The first kappa shape index (κ1) is 18.1. The third-order valence-electron chi connectivity index (χ3n) is 5.89. The van der Waals surface area contributed by atoms with Gasteiger partial charge in [-0.3, -0.25) is 5.10 Å². The number of anilines is 1. The lowest BCUT2D eigenvalue weighted by Gasteiger charge is -2.43. The Bertz CT molecular complexity index is 963. The van der Waals surface area contributed by atoms with Gasteiger partial charge in [0.1, 0.15) is 5.75 Å². The zero-order valence-corrected chi connectivity index (χ0v) is 16.2. The smallest absolute Gasteiger partial charge is 0.151 e. The van der Waals surface area contributed by atoms with Crippen LogP contribution in [0.1, 0.15) is 12.8 Å². The molecule has 2 saturated heterocycles. The summed E-state index contributed by atoms with van der Waals surface area (Å²) in [6.45, 7) is 1.55. The van der Waals surface area contributed by atoms with Crippen LogP contribution in [0.2, 0.25) is 0 Å². The van der Waals surface area contributed by atoms with Gasteiger partial charge >= 0.3 is 0 Å². The number of fused-ring (bicyclic) bond motifs is 2. The molecule has 2 fully saturated rings. The second-order valence-electron chi connectivity index (χ2n) is 7.83. The minimum Gasteiger partial charge on any atom is -0.507 e. The number of rotatable bonds is 4. The molecule has 8 nitrogen and oxygen atoms in total. The molecule has 0 saturated carbocycles. The molecule has 3 N–H and O–H groups in total. The fourth-order valence-corrected chi connectivity index (χ4v) is 4.30. The van der Waals surface area contributed by atoms with Crippen molar-refractivity contribution in [3.63, 3.8) is 0 Å². The largest absolute Gasteiger partial charge is 0.507 e. The molecule has 0 unspecified atom stereocenters. The summed E-state index contributed by atoms with van der Waals surface area (Å²) in [5.41, 5.74) is 3.12. The molecule has 2 aromatic heterocycles. The standard InChI is InChI=1S/C21H24N6O2/c1-27(17-7-15-11-29-12-16(8-17)24-15)21-5-4-19(25-26-21)18-3-2-13(6-20(18)28)14-9-22-23-10-14/h2-6,9-10,15-17,24,28H,7-8,11-12H2,1H3,(H,22,23)/t15-,16+,17-. The monoisotopic (exact) mass is 392 g/mol. The van der Waals surface area contributed by atoms with Crippen LogP contribution in [0.4, 0.5) is 5.82 Å². The molecule has 4 heterocycles. The SMILES string of the molecule is CN(c1ccc(-c2ccc(-c3cn[nH]c3)cc2O)nn1)[C@H]1C[C@H]2COC[C@@H](C1)N2. The molecule has 3 aromatic rings. The first-order valence-electron chi connectivity index (χ1n) is 9.90.